The van der Waals surface area contributed by atoms with Crippen LogP contribution in [0, 0.1) is 6.92 Å². The molecule has 60 valence electrons. The lowest BCUT2D eigenvalue weighted by atomic mass is 10.1. The summed E-state index contributed by atoms with van der Waals surface area (Å²) in [5, 5.41) is 0.205. The topological polar surface area (TPSA) is 12.9 Å². The second-order valence-electron chi connectivity index (χ2n) is 2.79. The van der Waals surface area contributed by atoms with E-state index in [1.165, 1.54) is 11.1 Å². The van der Waals surface area contributed by atoms with Gasteiger partial charge >= 0.3 is 0 Å². The van der Waals surface area contributed by atoms with Gasteiger partial charge in [0.1, 0.15) is 0 Å². The average Bonchev–Trinajstić information content (AvgIpc) is 1.93. The first kappa shape index (κ1) is 8.54. The van der Waals surface area contributed by atoms with Gasteiger partial charge in [0.2, 0.25) is 0 Å². The number of halogens is 1. The van der Waals surface area contributed by atoms with Crippen LogP contribution in [-0.2, 0) is 6.42 Å². The third-order valence-electron chi connectivity index (χ3n) is 1.64. The zero-order chi connectivity index (χ0) is 8.27. The molecular formula is C9H12ClN. The van der Waals surface area contributed by atoms with E-state index in [1.807, 2.05) is 25.4 Å². The fraction of sp³-hybridized carbons (Fsp3) is 0.444. The summed E-state index contributed by atoms with van der Waals surface area (Å²) in [5.74, 6) is 0. The van der Waals surface area contributed by atoms with E-state index in [4.69, 9.17) is 11.6 Å². The van der Waals surface area contributed by atoms with Crippen molar-refractivity contribution in [3.8, 4) is 0 Å². The third kappa shape index (κ3) is 2.51. The van der Waals surface area contributed by atoms with Crippen LogP contribution in [-0.4, -0.2) is 10.4 Å². The molecular weight excluding hydrogens is 158 g/mol. The number of hydrogen-bond donors (Lipinski definition) is 0. The first-order chi connectivity index (χ1) is 5.20. The Hall–Kier alpha value is -0.560. The molecule has 2 heteroatoms. The Morgan fingerprint density at radius 2 is 2.36 bits per heavy atom. The molecule has 0 amide bonds. The zero-order valence-electron chi connectivity index (χ0n) is 6.84. The lowest BCUT2D eigenvalue weighted by molar-refractivity contribution is 0.917. The second-order valence-corrected chi connectivity index (χ2v) is 3.53. The maximum atomic E-state index is 5.86. The molecule has 0 aromatic carbocycles. The summed E-state index contributed by atoms with van der Waals surface area (Å²) in [5.41, 5.74) is 2.52. The normalized spacial score (nSPS) is 13.0. The molecule has 0 radical (unpaired) electrons. The van der Waals surface area contributed by atoms with E-state index < -0.39 is 0 Å². The van der Waals surface area contributed by atoms with Crippen molar-refractivity contribution in [2.24, 2.45) is 0 Å². The largest absolute Gasteiger partial charge is 0.264 e. The molecule has 0 saturated carbocycles. The monoisotopic (exact) mass is 169 g/mol. The van der Waals surface area contributed by atoms with Crippen molar-refractivity contribution >= 4 is 11.6 Å². The summed E-state index contributed by atoms with van der Waals surface area (Å²) in [6.45, 7) is 4.06. The minimum atomic E-state index is 0.205. The highest BCUT2D eigenvalue weighted by Gasteiger charge is 2.01. The average molecular weight is 170 g/mol. The molecule has 1 aromatic rings. The standard InChI is InChI=1S/C9H12ClN/c1-7-6-11-4-3-9(7)5-8(2)10/h3-4,6,8H,5H2,1-2H3. The maximum absolute atomic E-state index is 5.86. The third-order valence-corrected chi connectivity index (χ3v) is 1.79. The first-order valence-electron chi connectivity index (χ1n) is 3.73. The summed E-state index contributed by atoms with van der Waals surface area (Å²) in [6, 6.07) is 2.02. The molecule has 0 bridgehead atoms. The highest BCUT2D eigenvalue weighted by molar-refractivity contribution is 6.20. The molecule has 1 heterocycles. The molecule has 1 unspecified atom stereocenters. The van der Waals surface area contributed by atoms with Crippen molar-refractivity contribution in [2.75, 3.05) is 0 Å². The fourth-order valence-electron chi connectivity index (χ4n) is 1.03. The molecule has 1 nitrogen and oxygen atoms in total. The van der Waals surface area contributed by atoms with Crippen LogP contribution in [0.5, 0.6) is 0 Å². The van der Waals surface area contributed by atoms with Crippen LogP contribution in [0.3, 0.4) is 0 Å². The van der Waals surface area contributed by atoms with E-state index in [1.54, 1.807) is 0 Å². The number of hydrogen-bond acceptors (Lipinski definition) is 1. The van der Waals surface area contributed by atoms with Crippen LogP contribution in [0.4, 0.5) is 0 Å². The van der Waals surface area contributed by atoms with E-state index in [0.29, 0.717) is 0 Å². The number of pyridine rings is 1. The van der Waals surface area contributed by atoms with E-state index in [2.05, 4.69) is 11.9 Å². The molecule has 0 aliphatic carbocycles. The van der Waals surface area contributed by atoms with Crippen LogP contribution in [0.25, 0.3) is 0 Å². The fourth-order valence-corrected chi connectivity index (χ4v) is 1.20. The van der Waals surface area contributed by atoms with E-state index >= 15 is 0 Å². The Morgan fingerprint density at radius 3 is 2.91 bits per heavy atom. The number of rotatable bonds is 2. The van der Waals surface area contributed by atoms with Gasteiger partial charge in [-0.3, -0.25) is 4.98 Å². The minimum Gasteiger partial charge on any atom is -0.264 e. The maximum Gasteiger partial charge on any atom is 0.0348 e. The van der Waals surface area contributed by atoms with Gasteiger partial charge in [-0.25, -0.2) is 0 Å². The smallest absolute Gasteiger partial charge is 0.0348 e. The van der Waals surface area contributed by atoms with Crippen molar-refractivity contribution in [1.82, 2.24) is 4.98 Å². The Morgan fingerprint density at radius 1 is 1.64 bits per heavy atom. The highest BCUT2D eigenvalue weighted by atomic mass is 35.5. The SMILES string of the molecule is Cc1cnccc1CC(C)Cl. The Kier molecular flexibility index (Phi) is 2.89. The first-order valence-corrected chi connectivity index (χ1v) is 4.17. The van der Waals surface area contributed by atoms with Gasteiger partial charge in [0.15, 0.2) is 0 Å². The zero-order valence-corrected chi connectivity index (χ0v) is 7.60. The van der Waals surface area contributed by atoms with Crippen molar-refractivity contribution in [1.29, 1.82) is 0 Å². The summed E-state index contributed by atoms with van der Waals surface area (Å²) >= 11 is 5.86. The van der Waals surface area contributed by atoms with Gasteiger partial charge in [-0.05, 0) is 37.5 Å². The number of aromatic nitrogens is 1. The van der Waals surface area contributed by atoms with Crippen molar-refractivity contribution in [3.63, 3.8) is 0 Å². The molecule has 1 rings (SSSR count). The van der Waals surface area contributed by atoms with Crippen LogP contribution in [0.2, 0.25) is 0 Å². The van der Waals surface area contributed by atoms with Gasteiger partial charge in [-0.1, -0.05) is 0 Å². The molecule has 0 saturated heterocycles. The summed E-state index contributed by atoms with van der Waals surface area (Å²) in [6.07, 6.45) is 4.60. The van der Waals surface area contributed by atoms with Crippen LogP contribution in [0.1, 0.15) is 18.1 Å². The molecule has 0 fully saturated rings. The summed E-state index contributed by atoms with van der Waals surface area (Å²) < 4.78 is 0. The Balaban J connectivity index is 2.78. The van der Waals surface area contributed by atoms with Crippen LogP contribution < -0.4 is 0 Å². The predicted octanol–water partition coefficient (Wildman–Crippen LogP) is 2.56. The van der Waals surface area contributed by atoms with Crippen LogP contribution in [0.15, 0.2) is 18.5 Å². The Bertz CT molecular complexity index is 233. The number of aryl methyl sites for hydroxylation is 1. The van der Waals surface area contributed by atoms with Gasteiger partial charge in [0.05, 0.1) is 0 Å². The number of nitrogens with zero attached hydrogens (tertiary/aromatic N) is 1. The van der Waals surface area contributed by atoms with Crippen molar-refractivity contribution in [3.05, 3.63) is 29.6 Å². The molecule has 1 aromatic heterocycles. The lowest BCUT2D eigenvalue weighted by Gasteiger charge is -2.05. The molecule has 0 aliphatic rings. The quantitative estimate of drug-likeness (QED) is 0.621. The highest BCUT2D eigenvalue weighted by Crippen LogP contribution is 2.10. The van der Waals surface area contributed by atoms with Crippen molar-refractivity contribution < 1.29 is 0 Å². The summed E-state index contributed by atoms with van der Waals surface area (Å²) in [7, 11) is 0. The van der Waals surface area contributed by atoms with Gasteiger partial charge in [0.25, 0.3) is 0 Å². The van der Waals surface area contributed by atoms with Gasteiger partial charge < -0.3 is 0 Å². The van der Waals surface area contributed by atoms with E-state index in [9.17, 15) is 0 Å². The molecule has 0 spiro atoms. The second kappa shape index (κ2) is 3.72. The predicted molar refractivity (Wildman–Crippen MR) is 48.0 cm³/mol. The minimum absolute atomic E-state index is 0.205. The van der Waals surface area contributed by atoms with Gasteiger partial charge in [-0.15, -0.1) is 11.6 Å². The summed E-state index contributed by atoms with van der Waals surface area (Å²) in [4.78, 5) is 4.01. The lowest BCUT2D eigenvalue weighted by Crippen LogP contribution is -1.99. The van der Waals surface area contributed by atoms with Gasteiger partial charge in [0, 0.05) is 17.8 Å². The van der Waals surface area contributed by atoms with Crippen molar-refractivity contribution in [2.45, 2.75) is 25.6 Å². The molecule has 0 N–H and O–H groups in total. The molecule has 11 heavy (non-hydrogen) atoms. The molecule has 1 atom stereocenters. The van der Waals surface area contributed by atoms with E-state index in [0.717, 1.165) is 6.42 Å². The number of alkyl halides is 1. The van der Waals surface area contributed by atoms with E-state index in [-0.39, 0.29) is 5.38 Å². The Labute approximate surface area is 72.4 Å². The van der Waals surface area contributed by atoms with Crippen LogP contribution >= 0.6 is 11.6 Å². The molecule has 0 aliphatic heterocycles. The van der Waals surface area contributed by atoms with Gasteiger partial charge in [-0.2, -0.15) is 0 Å².